The summed E-state index contributed by atoms with van der Waals surface area (Å²) >= 11 is 0. The lowest BCUT2D eigenvalue weighted by molar-refractivity contribution is -0.284. The molecule has 0 rings (SSSR count). The molecule has 0 aliphatic rings. The molecular weight excluding hydrogens is 673 g/mol. The molecule has 0 fully saturated rings. The predicted octanol–water partition coefficient (Wildman–Crippen LogP) is 9.08. The summed E-state index contributed by atoms with van der Waals surface area (Å²) in [5.74, 6) is 0.0223. The Labute approximate surface area is 311 Å². The highest BCUT2D eigenvalue weighted by Gasteiger charge is 2.29. The van der Waals surface area contributed by atoms with Gasteiger partial charge >= 0.3 is 32.0 Å². The number of hydrogen-bond acceptors (Lipinski definition) is 10. The number of carbonyl (C=O) groups excluding carboxylic acids is 2. The normalized spacial score (nSPS) is 14.6. The molecule has 10 nitrogen and oxygen atoms in total. The molecule has 0 N–H and O–H groups in total. The summed E-state index contributed by atoms with van der Waals surface area (Å²) in [6, 6.07) is 0. The fourth-order valence-electron chi connectivity index (χ4n) is 6.21. The molecule has 0 amide bonds. The van der Waals surface area contributed by atoms with Crippen LogP contribution in [-0.4, -0.2) is 56.4 Å². The van der Waals surface area contributed by atoms with Crippen molar-refractivity contribution in [3.63, 3.8) is 0 Å². The zero-order chi connectivity index (χ0) is 38.1. The first kappa shape index (κ1) is 49.1. The molecule has 2 unspecified atom stereocenters. The van der Waals surface area contributed by atoms with Crippen LogP contribution in [0.15, 0.2) is 0 Å². The van der Waals surface area contributed by atoms with Gasteiger partial charge in [0.2, 0.25) is 0 Å². The minimum absolute atomic E-state index is 0.217. The van der Waals surface area contributed by atoms with Crippen LogP contribution in [-0.2, 0) is 47.1 Å². The van der Waals surface area contributed by atoms with Crippen LogP contribution in [0.1, 0.15) is 186 Å². The van der Waals surface area contributed by atoms with Gasteiger partial charge in [0.1, 0.15) is 0 Å². The van der Waals surface area contributed by atoms with E-state index in [-0.39, 0.29) is 34.9 Å². The SMILES string of the molecule is CC(CCCCCCCO[SiH2]OOC(C)(C)C)CC(C)(C)CC(=O)OOC(=O)CC(C)(C)CC(C)CCCCCCCO[SiH2]OOC(C)(C)C. The molecule has 0 aromatic heterocycles. The maximum absolute atomic E-state index is 12.5. The zero-order valence-corrected chi connectivity index (χ0v) is 37.2. The molecular formula is C38H78O10Si2. The molecule has 0 aliphatic heterocycles. The summed E-state index contributed by atoms with van der Waals surface area (Å²) in [4.78, 5) is 45.5. The van der Waals surface area contributed by atoms with E-state index in [4.69, 9.17) is 37.6 Å². The smallest absolute Gasteiger partial charge is 0.356 e. The average Bonchev–Trinajstić information content (AvgIpc) is 2.95. The van der Waals surface area contributed by atoms with Crippen molar-refractivity contribution in [1.82, 2.24) is 0 Å². The monoisotopic (exact) mass is 751 g/mol. The Hall–Kier alpha value is -0.866. The Morgan fingerprint density at radius 2 is 0.820 bits per heavy atom. The van der Waals surface area contributed by atoms with Crippen molar-refractivity contribution in [3.05, 3.63) is 0 Å². The predicted molar refractivity (Wildman–Crippen MR) is 205 cm³/mol. The molecule has 12 heteroatoms. The van der Waals surface area contributed by atoms with Gasteiger partial charge in [-0.05, 0) is 89.9 Å². The summed E-state index contributed by atoms with van der Waals surface area (Å²) in [7, 11) is -2.12. The fraction of sp³-hybridized carbons (Fsp3) is 0.947. The quantitative estimate of drug-likeness (QED) is 0.0305. The zero-order valence-electron chi connectivity index (χ0n) is 34.4. The molecule has 2 atom stereocenters. The van der Waals surface area contributed by atoms with Gasteiger partial charge in [-0.2, -0.15) is 0 Å². The van der Waals surface area contributed by atoms with Gasteiger partial charge in [0, 0.05) is 13.2 Å². The molecule has 0 radical (unpaired) electrons. The molecule has 298 valence electrons. The lowest BCUT2D eigenvalue weighted by Gasteiger charge is -2.27. The van der Waals surface area contributed by atoms with Gasteiger partial charge in [0.05, 0.1) is 24.0 Å². The average molecular weight is 751 g/mol. The second-order valence-electron chi connectivity index (χ2n) is 18.0. The van der Waals surface area contributed by atoms with Crippen molar-refractivity contribution < 1.29 is 47.1 Å². The van der Waals surface area contributed by atoms with Crippen LogP contribution in [0.3, 0.4) is 0 Å². The highest BCUT2D eigenvalue weighted by atomic mass is 28.3. The molecule has 0 spiro atoms. The van der Waals surface area contributed by atoms with E-state index in [0.29, 0.717) is 11.8 Å². The second kappa shape index (κ2) is 26.8. The van der Waals surface area contributed by atoms with E-state index in [9.17, 15) is 9.59 Å². The first-order valence-corrected chi connectivity index (χ1v) is 21.7. The molecule has 0 heterocycles. The van der Waals surface area contributed by atoms with Crippen LogP contribution in [0.2, 0.25) is 0 Å². The maximum Gasteiger partial charge on any atom is 0.356 e. The Morgan fingerprint density at radius 3 is 1.16 bits per heavy atom. The van der Waals surface area contributed by atoms with Crippen molar-refractivity contribution in [2.75, 3.05) is 13.2 Å². The third-order valence-electron chi connectivity index (χ3n) is 8.13. The molecule has 0 aliphatic carbocycles. The standard InChI is InChI=1S/C38H78O10Si2/c1-31(23-19-15-13-17-21-25-41-49-47-45-35(3,4)5)27-37(9,10)29-33(39)43-44-34(40)30-38(11,12)28-32(2)24-20-16-14-18-22-26-42-50-48-46-36(6,7)8/h31-32H,13-30,49-50H2,1-12H3. The summed E-state index contributed by atoms with van der Waals surface area (Å²) in [5.41, 5.74) is -1.06. The van der Waals surface area contributed by atoms with E-state index >= 15 is 0 Å². The summed E-state index contributed by atoms with van der Waals surface area (Å²) in [6.45, 7) is 26.0. The van der Waals surface area contributed by atoms with Crippen molar-refractivity contribution in [2.24, 2.45) is 22.7 Å². The van der Waals surface area contributed by atoms with Crippen molar-refractivity contribution in [1.29, 1.82) is 0 Å². The van der Waals surface area contributed by atoms with E-state index in [0.717, 1.165) is 64.6 Å². The Morgan fingerprint density at radius 1 is 0.500 bits per heavy atom. The number of carbonyl (C=O) groups is 2. The minimum atomic E-state index is -1.06. The first-order chi connectivity index (χ1) is 23.2. The van der Waals surface area contributed by atoms with E-state index in [2.05, 4.69) is 41.5 Å². The highest BCUT2D eigenvalue weighted by molar-refractivity contribution is 6.17. The van der Waals surface area contributed by atoms with E-state index in [1.165, 1.54) is 38.5 Å². The van der Waals surface area contributed by atoms with E-state index in [1.54, 1.807) is 0 Å². The van der Waals surface area contributed by atoms with Crippen molar-refractivity contribution in [3.8, 4) is 0 Å². The van der Waals surface area contributed by atoms with Crippen LogP contribution in [0.4, 0.5) is 0 Å². The van der Waals surface area contributed by atoms with Crippen LogP contribution in [0.25, 0.3) is 0 Å². The van der Waals surface area contributed by atoms with Gasteiger partial charge in [-0.1, -0.05) is 106 Å². The lowest BCUT2D eigenvalue weighted by Crippen LogP contribution is -2.25. The van der Waals surface area contributed by atoms with Crippen LogP contribution < -0.4 is 0 Å². The van der Waals surface area contributed by atoms with E-state index in [1.807, 2.05) is 41.5 Å². The largest absolute Gasteiger partial charge is 0.397 e. The topological polar surface area (TPSA) is 108 Å². The van der Waals surface area contributed by atoms with Gasteiger partial charge in [-0.15, -0.1) is 0 Å². The number of rotatable bonds is 30. The fourth-order valence-corrected chi connectivity index (χ4v) is 7.79. The molecule has 0 saturated heterocycles. The Bertz CT molecular complexity index is 801. The highest BCUT2D eigenvalue weighted by Crippen LogP contribution is 2.33. The summed E-state index contributed by atoms with van der Waals surface area (Å²) in [5, 5.41) is 0. The second-order valence-corrected chi connectivity index (χ2v) is 19.8. The molecule has 50 heavy (non-hydrogen) atoms. The molecule has 0 aromatic rings. The van der Waals surface area contributed by atoms with Crippen molar-refractivity contribution in [2.45, 2.75) is 197 Å². The first-order valence-electron chi connectivity index (χ1n) is 19.4. The van der Waals surface area contributed by atoms with E-state index < -0.39 is 32.0 Å². The third-order valence-corrected chi connectivity index (χ3v) is 9.47. The van der Waals surface area contributed by atoms with Crippen LogP contribution in [0.5, 0.6) is 0 Å². The third kappa shape index (κ3) is 34.2. The van der Waals surface area contributed by atoms with Gasteiger partial charge in [-0.25, -0.2) is 29.1 Å². The number of hydrogen-bond donors (Lipinski definition) is 0. The molecule has 0 saturated carbocycles. The van der Waals surface area contributed by atoms with Crippen LogP contribution >= 0.6 is 0 Å². The minimum Gasteiger partial charge on any atom is -0.397 e. The van der Waals surface area contributed by atoms with Gasteiger partial charge in [-0.3, -0.25) is 9.15 Å². The number of unbranched alkanes of at least 4 members (excludes halogenated alkanes) is 8. The van der Waals surface area contributed by atoms with Gasteiger partial charge < -0.3 is 8.85 Å². The van der Waals surface area contributed by atoms with Crippen LogP contribution in [0, 0.1) is 22.7 Å². The molecule has 0 aromatic carbocycles. The summed E-state index contributed by atoms with van der Waals surface area (Å²) < 4.78 is 21.5. The molecule has 0 bridgehead atoms. The van der Waals surface area contributed by atoms with Crippen molar-refractivity contribution >= 4 is 32.0 Å². The Kier molecular flexibility index (Phi) is 26.4. The lowest BCUT2D eigenvalue weighted by atomic mass is 9.79. The summed E-state index contributed by atoms with van der Waals surface area (Å²) in [6.07, 6.45) is 16.0. The van der Waals surface area contributed by atoms with Gasteiger partial charge in [0.25, 0.3) is 0 Å². The Balaban J connectivity index is 3.98. The van der Waals surface area contributed by atoms with Gasteiger partial charge in [0.15, 0.2) is 0 Å². The maximum atomic E-state index is 12.5.